The van der Waals surface area contributed by atoms with Gasteiger partial charge in [-0.05, 0) is 25.1 Å². The number of nitriles is 1. The SMILES string of the molecule is CC(=O)CNS(=O)(=O)c1ccc(F)c(C#N)c1. The molecule has 5 nitrogen and oxygen atoms in total. The van der Waals surface area contributed by atoms with E-state index in [1.54, 1.807) is 0 Å². The molecule has 0 aromatic heterocycles. The molecule has 90 valence electrons. The molecule has 0 unspecified atom stereocenters. The molecule has 1 aromatic carbocycles. The van der Waals surface area contributed by atoms with Crippen molar-refractivity contribution in [2.45, 2.75) is 11.8 Å². The van der Waals surface area contributed by atoms with Gasteiger partial charge in [0.05, 0.1) is 17.0 Å². The van der Waals surface area contributed by atoms with Gasteiger partial charge in [-0.1, -0.05) is 0 Å². The quantitative estimate of drug-likeness (QED) is 0.852. The van der Waals surface area contributed by atoms with Gasteiger partial charge in [0.25, 0.3) is 0 Å². The van der Waals surface area contributed by atoms with E-state index in [1.165, 1.54) is 13.0 Å². The second-order valence-electron chi connectivity index (χ2n) is 3.28. The highest BCUT2D eigenvalue weighted by atomic mass is 32.2. The number of nitrogens with one attached hydrogen (secondary N) is 1. The topological polar surface area (TPSA) is 87.0 Å². The van der Waals surface area contributed by atoms with E-state index in [4.69, 9.17) is 5.26 Å². The fourth-order valence-electron chi connectivity index (χ4n) is 1.04. The summed E-state index contributed by atoms with van der Waals surface area (Å²) in [4.78, 5) is 10.4. The summed E-state index contributed by atoms with van der Waals surface area (Å²) in [5.74, 6) is -1.14. The van der Waals surface area contributed by atoms with E-state index in [2.05, 4.69) is 0 Å². The van der Waals surface area contributed by atoms with Gasteiger partial charge in [0.15, 0.2) is 0 Å². The predicted octanol–water partition coefficient (Wildman–Crippen LogP) is 0.565. The van der Waals surface area contributed by atoms with Gasteiger partial charge >= 0.3 is 0 Å². The van der Waals surface area contributed by atoms with Gasteiger partial charge in [0.2, 0.25) is 10.0 Å². The van der Waals surface area contributed by atoms with E-state index >= 15 is 0 Å². The van der Waals surface area contributed by atoms with Gasteiger partial charge < -0.3 is 0 Å². The number of nitrogens with zero attached hydrogens (tertiary/aromatic N) is 1. The summed E-state index contributed by atoms with van der Waals surface area (Å²) < 4.78 is 38.3. The smallest absolute Gasteiger partial charge is 0.241 e. The van der Waals surface area contributed by atoms with Gasteiger partial charge in [0, 0.05) is 0 Å². The van der Waals surface area contributed by atoms with Crippen molar-refractivity contribution in [1.82, 2.24) is 4.72 Å². The van der Waals surface area contributed by atoms with Crippen molar-refractivity contribution < 1.29 is 17.6 Å². The molecule has 0 aliphatic carbocycles. The number of carbonyl (C=O) groups excluding carboxylic acids is 1. The van der Waals surface area contributed by atoms with Crippen molar-refractivity contribution in [3.05, 3.63) is 29.6 Å². The maximum atomic E-state index is 13.0. The van der Waals surface area contributed by atoms with Crippen LogP contribution in [0.25, 0.3) is 0 Å². The molecule has 0 heterocycles. The first-order chi connectivity index (χ1) is 7.86. The molecule has 0 aliphatic heterocycles. The highest BCUT2D eigenvalue weighted by Gasteiger charge is 2.16. The molecular formula is C10H9FN2O3S. The number of rotatable bonds is 4. The molecule has 0 saturated carbocycles. The summed E-state index contributed by atoms with van der Waals surface area (Å²) >= 11 is 0. The Morgan fingerprint density at radius 1 is 1.53 bits per heavy atom. The predicted molar refractivity (Wildman–Crippen MR) is 57.0 cm³/mol. The van der Waals surface area contributed by atoms with Crippen molar-refractivity contribution in [3.8, 4) is 6.07 Å². The Kier molecular flexibility index (Phi) is 3.93. The van der Waals surface area contributed by atoms with E-state index in [9.17, 15) is 17.6 Å². The zero-order chi connectivity index (χ0) is 13.1. The fourth-order valence-corrected chi connectivity index (χ4v) is 2.12. The highest BCUT2D eigenvalue weighted by molar-refractivity contribution is 7.89. The minimum atomic E-state index is -3.89. The van der Waals surface area contributed by atoms with Crippen LogP contribution in [0.15, 0.2) is 23.1 Å². The molecule has 0 spiro atoms. The zero-order valence-corrected chi connectivity index (χ0v) is 9.71. The summed E-state index contributed by atoms with van der Waals surface area (Å²) in [6.45, 7) is 0.884. The van der Waals surface area contributed by atoms with E-state index in [0.29, 0.717) is 0 Å². The van der Waals surface area contributed by atoms with Crippen molar-refractivity contribution in [2.75, 3.05) is 6.54 Å². The third kappa shape index (κ3) is 3.34. The monoisotopic (exact) mass is 256 g/mol. The van der Waals surface area contributed by atoms with Crippen LogP contribution in [-0.4, -0.2) is 20.7 Å². The third-order valence-corrected chi connectivity index (χ3v) is 3.28. The van der Waals surface area contributed by atoms with Crippen molar-refractivity contribution in [1.29, 1.82) is 5.26 Å². The van der Waals surface area contributed by atoms with E-state index in [0.717, 1.165) is 18.2 Å². The second-order valence-corrected chi connectivity index (χ2v) is 5.05. The molecule has 0 radical (unpaired) electrons. The average Bonchev–Trinajstić information content (AvgIpc) is 2.27. The standard InChI is InChI=1S/C10H9FN2O3S/c1-7(14)6-13-17(15,16)9-2-3-10(11)8(4-9)5-12/h2-4,13H,6H2,1H3. The Hall–Kier alpha value is -1.78. The first kappa shape index (κ1) is 13.3. The minimum Gasteiger partial charge on any atom is -0.299 e. The molecule has 1 N–H and O–H groups in total. The average molecular weight is 256 g/mol. The van der Waals surface area contributed by atoms with Gasteiger partial charge in [-0.25, -0.2) is 17.5 Å². The summed E-state index contributed by atoms with van der Waals surface area (Å²) in [5.41, 5.74) is -0.365. The molecule has 0 aliphatic rings. The van der Waals surface area contributed by atoms with Crippen LogP contribution in [0.3, 0.4) is 0 Å². The molecule has 1 aromatic rings. The Balaban J connectivity index is 3.08. The van der Waals surface area contributed by atoms with Gasteiger partial charge in [-0.15, -0.1) is 0 Å². The van der Waals surface area contributed by atoms with Gasteiger partial charge in [0.1, 0.15) is 17.7 Å². The first-order valence-electron chi connectivity index (χ1n) is 4.55. The van der Waals surface area contributed by atoms with E-state index in [1.807, 2.05) is 4.72 Å². The normalized spacial score (nSPS) is 10.9. The number of halogens is 1. The molecule has 0 fully saturated rings. The molecule has 0 atom stereocenters. The lowest BCUT2D eigenvalue weighted by Crippen LogP contribution is -2.28. The van der Waals surface area contributed by atoms with Crippen molar-refractivity contribution >= 4 is 15.8 Å². The molecule has 0 saturated heterocycles. The Morgan fingerprint density at radius 2 is 2.18 bits per heavy atom. The summed E-state index contributed by atoms with van der Waals surface area (Å²) in [6.07, 6.45) is 0. The van der Waals surface area contributed by atoms with Gasteiger partial charge in [-0.3, -0.25) is 4.79 Å². The lowest BCUT2D eigenvalue weighted by atomic mass is 10.2. The number of sulfonamides is 1. The zero-order valence-electron chi connectivity index (χ0n) is 8.90. The summed E-state index contributed by atoms with van der Waals surface area (Å²) in [7, 11) is -3.89. The molecule has 0 bridgehead atoms. The number of hydrogen-bond acceptors (Lipinski definition) is 4. The van der Waals surface area contributed by atoms with Crippen LogP contribution in [0.4, 0.5) is 4.39 Å². The minimum absolute atomic E-state index is 0.253. The third-order valence-electron chi connectivity index (χ3n) is 1.88. The Morgan fingerprint density at radius 3 is 2.71 bits per heavy atom. The largest absolute Gasteiger partial charge is 0.299 e. The lowest BCUT2D eigenvalue weighted by molar-refractivity contribution is -0.115. The Labute approximate surface area is 97.9 Å². The fraction of sp³-hybridized carbons (Fsp3) is 0.200. The molecule has 17 heavy (non-hydrogen) atoms. The maximum Gasteiger partial charge on any atom is 0.241 e. The summed E-state index contributed by atoms with van der Waals surface area (Å²) in [5, 5.41) is 8.57. The van der Waals surface area contributed by atoms with Crippen LogP contribution in [0.1, 0.15) is 12.5 Å². The summed E-state index contributed by atoms with van der Waals surface area (Å²) in [6, 6.07) is 4.37. The maximum absolute atomic E-state index is 13.0. The number of carbonyl (C=O) groups is 1. The number of benzene rings is 1. The number of hydrogen-bond donors (Lipinski definition) is 1. The second kappa shape index (κ2) is 5.03. The van der Waals surface area contributed by atoms with Crippen molar-refractivity contribution in [2.24, 2.45) is 0 Å². The number of ketones is 1. The molecule has 0 amide bonds. The van der Waals surface area contributed by atoms with Crippen LogP contribution in [0.2, 0.25) is 0 Å². The molecular weight excluding hydrogens is 247 g/mol. The molecule has 7 heteroatoms. The van der Waals surface area contributed by atoms with Crippen LogP contribution in [0.5, 0.6) is 0 Å². The van der Waals surface area contributed by atoms with Crippen LogP contribution >= 0.6 is 0 Å². The Bertz CT molecular complexity index is 590. The molecule has 1 rings (SSSR count). The first-order valence-corrected chi connectivity index (χ1v) is 6.04. The van der Waals surface area contributed by atoms with Crippen molar-refractivity contribution in [3.63, 3.8) is 0 Å². The highest BCUT2D eigenvalue weighted by Crippen LogP contribution is 2.14. The van der Waals surface area contributed by atoms with Crippen LogP contribution < -0.4 is 4.72 Å². The number of Topliss-reactive ketones (excluding diaryl/α,β-unsaturated/α-hetero) is 1. The van der Waals surface area contributed by atoms with E-state index < -0.39 is 15.8 Å². The van der Waals surface area contributed by atoms with Crippen LogP contribution in [0, 0.1) is 17.1 Å². The van der Waals surface area contributed by atoms with E-state index in [-0.39, 0.29) is 22.8 Å². The van der Waals surface area contributed by atoms with Gasteiger partial charge in [-0.2, -0.15) is 5.26 Å². The lowest BCUT2D eigenvalue weighted by Gasteiger charge is -2.05. The van der Waals surface area contributed by atoms with Crippen LogP contribution in [-0.2, 0) is 14.8 Å².